The maximum Gasteiger partial charge on any atom is 0.256 e. The Kier molecular flexibility index (Phi) is 3.89. The van der Waals surface area contributed by atoms with Gasteiger partial charge in [0.05, 0.1) is 23.8 Å². The SMILES string of the molecule is Cc1ccccc1C(=O)Nc1cnc(-n2cnc(C)c2C)nc1. The standard InChI is InChI=1S/C17H17N5O/c1-11-6-4-5-7-15(11)16(23)21-14-8-18-17(19-9-14)22-10-20-12(2)13(22)3/h4-10H,1-3H3,(H,21,23). The predicted octanol–water partition coefficient (Wildman–Crippen LogP) is 2.84. The summed E-state index contributed by atoms with van der Waals surface area (Å²) < 4.78 is 1.81. The Morgan fingerprint density at radius 2 is 1.74 bits per heavy atom. The predicted molar refractivity (Wildman–Crippen MR) is 87.8 cm³/mol. The van der Waals surface area contributed by atoms with Gasteiger partial charge >= 0.3 is 0 Å². The van der Waals surface area contributed by atoms with Gasteiger partial charge in [-0.15, -0.1) is 0 Å². The summed E-state index contributed by atoms with van der Waals surface area (Å²) in [7, 11) is 0. The van der Waals surface area contributed by atoms with E-state index in [0.29, 0.717) is 17.2 Å². The van der Waals surface area contributed by atoms with E-state index in [1.807, 2.05) is 43.5 Å². The number of anilines is 1. The highest BCUT2D eigenvalue weighted by Crippen LogP contribution is 2.13. The normalized spacial score (nSPS) is 10.6. The maximum atomic E-state index is 12.3. The van der Waals surface area contributed by atoms with Crippen LogP contribution in [0.2, 0.25) is 0 Å². The minimum Gasteiger partial charge on any atom is -0.319 e. The second kappa shape index (κ2) is 6.00. The molecule has 0 aliphatic heterocycles. The van der Waals surface area contributed by atoms with Crippen molar-refractivity contribution < 1.29 is 4.79 Å². The fraction of sp³-hybridized carbons (Fsp3) is 0.176. The summed E-state index contributed by atoms with van der Waals surface area (Å²) in [6, 6.07) is 7.43. The third-order valence-electron chi connectivity index (χ3n) is 3.75. The topological polar surface area (TPSA) is 72.7 Å². The van der Waals surface area contributed by atoms with E-state index >= 15 is 0 Å². The van der Waals surface area contributed by atoms with Gasteiger partial charge < -0.3 is 5.32 Å². The molecule has 0 spiro atoms. The molecule has 6 heteroatoms. The van der Waals surface area contributed by atoms with Crippen molar-refractivity contribution in [2.75, 3.05) is 5.32 Å². The van der Waals surface area contributed by atoms with Crippen LogP contribution in [0.15, 0.2) is 43.0 Å². The minimum absolute atomic E-state index is 0.172. The Bertz CT molecular complexity index is 852. The first-order valence-electron chi connectivity index (χ1n) is 7.26. The molecule has 2 heterocycles. The van der Waals surface area contributed by atoms with Crippen molar-refractivity contribution in [2.24, 2.45) is 0 Å². The maximum absolute atomic E-state index is 12.3. The molecular formula is C17H17N5O. The smallest absolute Gasteiger partial charge is 0.256 e. The molecule has 0 bridgehead atoms. The van der Waals surface area contributed by atoms with E-state index < -0.39 is 0 Å². The van der Waals surface area contributed by atoms with Crippen LogP contribution in [0.5, 0.6) is 0 Å². The van der Waals surface area contributed by atoms with Crippen molar-refractivity contribution >= 4 is 11.6 Å². The van der Waals surface area contributed by atoms with E-state index in [-0.39, 0.29) is 5.91 Å². The molecule has 2 aromatic heterocycles. The summed E-state index contributed by atoms with van der Waals surface area (Å²) in [4.78, 5) is 25.1. The summed E-state index contributed by atoms with van der Waals surface area (Å²) in [5.74, 6) is 0.353. The Balaban J connectivity index is 1.79. The van der Waals surface area contributed by atoms with Crippen molar-refractivity contribution in [3.8, 4) is 5.95 Å². The molecule has 1 aromatic carbocycles. The Morgan fingerprint density at radius 1 is 1.04 bits per heavy atom. The molecule has 3 rings (SSSR count). The quantitative estimate of drug-likeness (QED) is 0.807. The van der Waals surface area contributed by atoms with Gasteiger partial charge in [-0.1, -0.05) is 18.2 Å². The highest BCUT2D eigenvalue weighted by atomic mass is 16.1. The number of aryl methyl sites for hydroxylation is 2. The summed E-state index contributed by atoms with van der Waals surface area (Å²) in [5, 5.41) is 2.81. The number of nitrogens with one attached hydrogen (secondary N) is 1. The lowest BCUT2D eigenvalue weighted by Crippen LogP contribution is -2.14. The van der Waals surface area contributed by atoms with Crippen molar-refractivity contribution in [3.63, 3.8) is 0 Å². The molecule has 23 heavy (non-hydrogen) atoms. The number of hydrogen-bond acceptors (Lipinski definition) is 4. The molecule has 0 unspecified atom stereocenters. The van der Waals surface area contributed by atoms with Gasteiger partial charge in [-0.05, 0) is 32.4 Å². The zero-order valence-electron chi connectivity index (χ0n) is 13.2. The van der Waals surface area contributed by atoms with Gasteiger partial charge in [0, 0.05) is 11.3 Å². The number of hydrogen-bond donors (Lipinski definition) is 1. The van der Waals surface area contributed by atoms with Gasteiger partial charge in [0.15, 0.2) is 0 Å². The van der Waals surface area contributed by atoms with E-state index in [2.05, 4.69) is 20.3 Å². The van der Waals surface area contributed by atoms with Crippen LogP contribution in [0.25, 0.3) is 5.95 Å². The molecule has 0 fully saturated rings. The number of carbonyl (C=O) groups is 1. The fourth-order valence-electron chi connectivity index (χ4n) is 2.24. The zero-order valence-corrected chi connectivity index (χ0v) is 13.2. The van der Waals surface area contributed by atoms with Crippen LogP contribution >= 0.6 is 0 Å². The van der Waals surface area contributed by atoms with Crippen molar-refractivity contribution in [3.05, 3.63) is 65.5 Å². The molecular weight excluding hydrogens is 290 g/mol. The molecule has 0 atom stereocenters. The second-order valence-corrected chi connectivity index (χ2v) is 5.33. The monoisotopic (exact) mass is 307 g/mol. The van der Waals surface area contributed by atoms with Gasteiger partial charge in [-0.25, -0.2) is 15.0 Å². The molecule has 116 valence electrons. The van der Waals surface area contributed by atoms with E-state index in [0.717, 1.165) is 17.0 Å². The number of rotatable bonds is 3. The van der Waals surface area contributed by atoms with Gasteiger partial charge in [-0.2, -0.15) is 0 Å². The van der Waals surface area contributed by atoms with E-state index in [1.165, 1.54) is 0 Å². The molecule has 0 aliphatic rings. The molecule has 0 radical (unpaired) electrons. The zero-order chi connectivity index (χ0) is 16.4. The van der Waals surface area contributed by atoms with Gasteiger partial charge in [0.25, 0.3) is 5.91 Å². The molecule has 0 saturated carbocycles. The molecule has 1 N–H and O–H groups in total. The minimum atomic E-state index is -0.172. The largest absolute Gasteiger partial charge is 0.319 e. The number of amides is 1. The third kappa shape index (κ3) is 2.96. The van der Waals surface area contributed by atoms with E-state index in [9.17, 15) is 4.79 Å². The van der Waals surface area contributed by atoms with Gasteiger partial charge in [0.2, 0.25) is 5.95 Å². The van der Waals surface area contributed by atoms with Gasteiger partial charge in [0.1, 0.15) is 6.33 Å². The number of benzene rings is 1. The average Bonchev–Trinajstić information content (AvgIpc) is 2.88. The highest BCUT2D eigenvalue weighted by molar-refractivity contribution is 6.05. The number of carbonyl (C=O) groups excluding carboxylic acids is 1. The van der Waals surface area contributed by atoms with Crippen LogP contribution in [-0.4, -0.2) is 25.4 Å². The van der Waals surface area contributed by atoms with Crippen LogP contribution in [0.3, 0.4) is 0 Å². The summed E-state index contributed by atoms with van der Waals surface area (Å²) in [5.41, 5.74) is 4.04. The van der Waals surface area contributed by atoms with Crippen molar-refractivity contribution in [2.45, 2.75) is 20.8 Å². The number of imidazole rings is 1. The average molecular weight is 307 g/mol. The molecule has 0 saturated heterocycles. The summed E-state index contributed by atoms with van der Waals surface area (Å²) >= 11 is 0. The van der Waals surface area contributed by atoms with Crippen LogP contribution in [0.1, 0.15) is 27.3 Å². The van der Waals surface area contributed by atoms with Crippen molar-refractivity contribution in [1.29, 1.82) is 0 Å². The Hall–Kier alpha value is -3.02. The highest BCUT2D eigenvalue weighted by Gasteiger charge is 2.10. The third-order valence-corrected chi connectivity index (χ3v) is 3.75. The number of aromatic nitrogens is 4. The van der Waals surface area contributed by atoms with E-state index in [4.69, 9.17) is 0 Å². The Labute approximate surface area is 134 Å². The lowest BCUT2D eigenvalue weighted by Gasteiger charge is -2.08. The molecule has 1 amide bonds. The van der Waals surface area contributed by atoms with Gasteiger partial charge in [-0.3, -0.25) is 9.36 Å². The second-order valence-electron chi connectivity index (χ2n) is 5.33. The first-order chi connectivity index (χ1) is 11.1. The first kappa shape index (κ1) is 14.9. The first-order valence-corrected chi connectivity index (χ1v) is 7.26. The van der Waals surface area contributed by atoms with Crippen LogP contribution in [0, 0.1) is 20.8 Å². The van der Waals surface area contributed by atoms with E-state index in [1.54, 1.807) is 24.8 Å². The Morgan fingerprint density at radius 3 is 2.35 bits per heavy atom. The summed E-state index contributed by atoms with van der Waals surface area (Å²) in [6.45, 7) is 5.79. The molecule has 3 aromatic rings. The molecule has 0 aliphatic carbocycles. The molecule has 6 nitrogen and oxygen atoms in total. The number of nitrogens with zero attached hydrogens (tertiary/aromatic N) is 4. The fourth-order valence-corrected chi connectivity index (χ4v) is 2.24. The van der Waals surface area contributed by atoms with Crippen LogP contribution < -0.4 is 5.32 Å². The van der Waals surface area contributed by atoms with Crippen LogP contribution in [0.4, 0.5) is 5.69 Å². The van der Waals surface area contributed by atoms with Crippen LogP contribution in [-0.2, 0) is 0 Å². The lowest BCUT2D eigenvalue weighted by molar-refractivity contribution is 0.102. The lowest BCUT2D eigenvalue weighted by atomic mass is 10.1. The summed E-state index contributed by atoms with van der Waals surface area (Å²) in [6.07, 6.45) is 4.87. The van der Waals surface area contributed by atoms with Crippen molar-refractivity contribution in [1.82, 2.24) is 19.5 Å².